The van der Waals surface area contributed by atoms with Crippen LogP contribution in [-0.2, 0) is 4.74 Å². The zero-order valence-corrected chi connectivity index (χ0v) is 14.9. The Labute approximate surface area is 139 Å². The number of amides is 1. The highest BCUT2D eigenvalue weighted by Crippen LogP contribution is 2.17. The normalized spacial score (nSPS) is 12.8. The summed E-state index contributed by atoms with van der Waals surface area (Å²) in [5.41, 5.74) is 0.429. The minimum absolute atomic E-state index is 0.0723. The molecule has 0 saturated carbocycles. The number of ether oxygens (including phenoxy) is 1. The summed E-state index contributed by atoms with van der Waals surface area (Å²) >= 11 is 0. The lowest BCUT2D eigenvalue weighted by atomic mass is 10.0. The van der Waals surface area contributed by atoms with E-state index in [4.69, 9.17) is 4.74 Å². The third-order valence-corrected chi connectivity index (χ3v) is 3.47. The van der Waals surface area contributed by atoms with Crippen LogP contribution in [0.1, 0.15) is 52.6 Å². The van der Waals surface area contributed by atoms with E-state index in [1.165, 1.54) is 6.07 Å². The number of carbonyl (C=O) groups excluding carboxylic acids is 1. The van der Waals surface area contributed by atoms with Crippen LogP contribution in [0, 0.1) is 5.82 Å². The Morgan fingerprint density at radius 2 is 2.04 bits per heavy atom. The van der Waals surface area contributed by atoms with Crippen molar-refractivity contribution in [3.05, 3.63) is 35.6 Å². The van der Waals surface area contributed by atoms with Gasteiger partial charge in [-0.2, -0.15) is 0 Å². The molecule has 0 radical (unpaired) electrons. The van der Waals surface area contributed by atoms with E-state index in [1.54, 1.807) is 17.0 Å². The second kappa shape index (κ2) is 8.87. The van der Waals surface area contributed by atoms with Crippen LogP contribution in [0.5, 0.6) is 0 Å². The second-order valence-corrected chi connectivity index (χ2v) is 6.53. The van der Waals surface area contributed by atoms with Crippen LogP contribution in [0.3, 0.4) is 0 Å². The van der Waals surface area contributed by atoms with Crippen molar-refractivity contribution in [1.29, 1.82) is 0 Å². The molecule has 0 aliphatic rings. The van der Waals surface area contributed by atoms with Crippen molar-refractivity contribution in [2.75, 3.05) is 19.6 Å². The van der Waals surface area contributed by atoms with Crippen LogP contribution in [0.2, 0.25) is 0 Å². The maximum Gasteiger partial charge on any atom is 0.410 e. The standard InChI is InChI=1S/C18H29FN2O2/c1-6-16(14-9-8-10-15(19)13-14)20-11-12-21(7-2)17(22)23-18(3,4)5/h8-10,13,16,20H,6-7,11-12H2,1-5H3. The molecule has 0 aliphatic carbocycles. The molecule has 1 N–H and O–H groups in total. The van der Waals surface area contributed by atoms with Gasteiger partial charge in [-0.15, -0.1) is 0 Å². The highest BCUT2D eigenvalue weighted by Gasteiger charge is 2.21. The van der Waals surface area contributed by atoms with E-state index in [-0.39, 0.29) is 18.0 Å². The average molecular weight is 324 g/mol. The van der Waals surface area contributed by atoms with E-state index >= 15 is 0 Å². The zero-order valence-electron chi connectivity index (χ0n) is 14.9. The van der Waals surface area contributed by atoms with Gasteiger partial charge in [-0.3, -0.25) is 0 Å². The van der Waals surface area contributed by atoms with Gasteiger partial charge in [0.25, 0.3) is 0 Å². The number of hydrogen-bond donors (Lipinski definition) is 1. The van der Waals surface area contributed by atoms with Crippen LogP contribution in [0.15, 0.2) is 24.3 Å². The lowest BCUT2D eigenvalue weighted by molar-refractivity contribution is 0.0261. The van der Waals surface area contributed by atoms with E-state index in [0.717, 1.165) is 12.0 Å². The number of carbonyl (C=O) groups is 1. The van der Waals surface area contributed by atoms with Gasteiger partial charge in [-0.25, -0.2) is 9.18 Å². The fraction of sp³-hybridized carbons (Fsp3) is 0.611. The molecule has 0 spiro atoms. The molecule has 1 aromatic carbocycles. The first-order valence-electron chi connectivity index (χ1n) is 8.23. The third-order valence-electron chi connectivity index (χ3n) is 3.47. The van der Waals surface area contributed by atoms with Gasteiger partial charge < -0.3 is 15.0 Å². The van der Waals surface area contributed by atoms with E-state index in [1.807, 2.05) is 40.7 Å². The van der Waals surface area contributed by atoms with Crippen molar-refractivity contribution in [3.63, 3.8) is 0 Å². The van der Waals surface area contributed by atoms with Crippen LogP contribution >= 0.6 is 0 Å². The molecule has 4 nitrogen and oxygen atoms in total. The lowest BCUT2D eigenvalue weighted by Gasteiger charge is -2.27. The van der Waals surface area contributed by atoms with Gasteiger partial charge in [-0.1, -0.05) is 19.1 Å². The average Bonchev–Trinajstić information content (AvgIpc) is 2.45. The Morgan fingerprint density at radius 1 is 1.35 bits per heavy atom. The fourth-order valence-electron chi connectivity index (χ4n) is 2.30. The summed E-state index contributed by atoms with van der Waals surface area (Å²) in [6, 6.07) is 6.69. The van der Waals surface area contributed by atoms with Gasteiger partial charge >= 0.3 is 6.09 Å². The predicted molar refractivity (Wildman–Crippen MR) is 90.9 cm³/mol. The Balaban J connectivity index is 2.53. The third kappa shape index (κ3) is 6.99. The number of likely N-dealkylation sites (N-methyl/N-ethyl adjacent to an activating group) is 1. The van der Waals surface area contributed by atoms with Gasteiger partial charge in [0.15, 0.2) is 0 Å². The first-order chi connectivity index (χ1) is 10.8. The molecule has 1 atom stereocenters. The van der Waals surface area contributed by atoms with Crippen molar-refractivity contribution < 1.29 is 13.9 Å². The molecule has 1 unspecified atom stereocenters. The molecular formula is C18H29FN2O2. The summed E-state index contributed by atoms with van der Waals surface area (Å²) in [6.45, 7) is 11.3. The summed E-state index contributed by atoms with van der Waals surface area (Å²) < 4.78 is 18.7. The highest BCUT2D eigenvalue weighted by atomic mass is 19.1. The van der Waals surface area contributed by atoms with Crippen LogP contribution in [0.4, 0.5) is 9.18 Å². The quantitative estimate of drug-likeness (QED) is 0.820. The predicted octanol–water partition coefficient (Wildman–Crippen LogP) is 4.12. The molecule has 1 aromatic rings. The molecule has 0 aliphatic heterocycles. The second-order valence-electron chi connectivity index (χ2n) is 6.53. The maximum absolute atomic E-state index is 13.3. The first kappa shape index (κ1) is 19.4. The molecule has 0 aromatic heterocycles. The van der Waals surface area contributed by atoms with Gasteiger partial charge in [0, 0.05) is 25.7 Å². The number of nitrogens with one attached hydrogen (secondary N) is 1. The smallest absolute Gasteiger partial charge is 0.410 e. The fourth-order valence-corrected chi connectivity index (χ4v) is 2.30. The van der Waals surface area contributed by atoms with Crippen LogP contribution in [0.25, 0.3) is 0 Å². The molecule has 0 heterocycles. The monoisotopic (exact) mass is 324 g/mol. The van der Waals surface area contributed by atoms with Crippen molar-refractivity contribution in [2.24, 2.45) is 0 Å². The molecule has 1 rings (SSSR count). The zero-order chi connectivity index (χ0) is 17.5. The molecule has 5 heteroatoms. The summed E-state index contributed by atoms with van der Waals surface area (Å²) in [7, 11) is 0. The minimum Gasteiger partial charge on any atom is -0.444 e. The number of benzene rings is 1. The number of halogens is 1. The molecule has 23 heavy (non-hydrogen) atoms. The van der Waals surface area contributed by atoms with Gasteiger partial charge in [-0.05, 0) is 51.8 Å². The summed E-state index contributed by atoms with van der Waals surface area (Å²) in [6.07, 6.45) is 0.544. The number of hydrogen-bond acceptors (Lipinski definition) is 3. The van der Waals surface area contributed by atoms with Crippen LogP contribution < -0.4 is 5.32 Å². The SMILES string of the molecule is CCC(NCCN(CC)C(=O)OC(C)(C)C)c1cccc(F)c1. The van der Waals surface area contributed by atoms with Crippen molar-refractivity contribution in [1.82, 2.24) is 10.2 Å². The van der Waals surface area contributed by atoms with Crippen molar-refractivity contribution in [3.8, 4) is 0 Å². The van der Waals surface area contributed by atoms with E-state index in [2.05, 4.69) is 5.32 Å². The van der Waals surface area contributed by atoms with Crippen molar-refractivity contribution >= 4 is 6.09 Å². The van der Waals surface area contributed by atoms with Gasteiger partial charge in [0.1, 0.15) is 11.4 Å². The topological polar surface area (TPSA) is 41.6 Å². The molecule has 130 valence electrons. The van der Waals surface area contributed by atoms with E-state index in [0.29, 0.717) is 19.6 Å². The lowest BCUT2D eigenvalue weighted by Crippen LogP contribution is -2.40. The van der Waals surface area contributed by atoms with E-state index in [9.17, 15) is 9.18 Å². The Bertz CT molecular complexity index is 500. The van der Waals surface area contributed by atoms with Gasteiger partial charge in [0.05, 0.1) is 0 Å². The summed E-state index contributed by atoms with van der Waals surface area (Å²) in [4.78, 5) is 13.7. The minimum atomic E-state index is -0.495. The van der Waals surface area contributed by atoms with Gasteiger partial charge in [0.2, 0.25) is 0 Å². The maximum atomic E-state index is 13.3. The molecule has 0 saturated heterocycles. The highest BCUT2D eigenvalue weighted by molar-refractivity contribution is 5.68. The first-order valence-corrected chi connectivity index (χ1v) is 8.23. The van der Waals surface area contributed by atoms with Crippen LogP contribution in [-0.4, -0.2) is 36.2 Å². The number of rotatable bonds is 7. The molecule has 0 fully saturated rings. The largest absolute Gasteiger partial charge is 0.444 e. The molecule has 0 bridgehead atoms. The summed E-state index contributed by atoms with van der Waals surface area (Å²) in [5.74, 6) is -0.230. The summed E-state index contributed by atoms with van der Waals surface area (Å²) in [5, 5.41) is 3.38. The molecule has 1 amide bonds. The number of nitrogens with zero attached hydrogens (tertiary/aromatic N) is 1. The molecular weight excluding hydrogens is 295 g/mol. The van der Waals surface area contributed by atoms with E-state index < -0.39 is 5.60 Å². The van der Waals surface area contributed by atoms with Crippen molar-refractivity contribution in [2.45, 2.75) is 52.7 Å². The Hall–Kier alpha value is -1.62. The Kier molecular flexibility index (Phi) is 7.49. The Morgan fingerprint density at radius 3 is 2.57 bits per heavy atom.